The van der Waals surface area contributed by atoms with Crippen LogP contribution in [-0.4, -0.2) is 47.4 Å². The van der Waals surface area contributed by atoms with E-state index >= 15 is 0 Å². The van der Waals surface area contributed by atoms with Crippen molar-refractivity contribution in [3.63, 3.8) is 0 Å². The van der Waals surface area contributed by atoms with Crippen LogP contribution in [0, 0.1) is 5.92 Å². The van der Waals surface area contributed by atoms with Crippen molar-refractivity contribution in [3.05, 3.63) is 0 Å². The summed E-state index contributed by atoms with van der Waals surface area (Å²) in [5.41, 5.74) is 7.79. The number of thioether (sulfide) groups is 1. The Labute approximate surface area is 152 Å². The van der Waals surface area contributed by atoms with Gasteiger partial charge in [0.05, 0.1) is 12.1 Å². The van der Waals surface area contributed by atoms with Gasteiger partial charge >= 0.3 is 6.03 Å². The number of hydrazine groups is 1. The Morgan fingerprint density at radius 1 is 1.24 bits per heavy atom. The maximum Gasteiger partial charge on any atom is 0.315 e. The summed E-state index contributed by atoms with van der Waals surface area (Å²) in [6, 6.07) is 0.403. The number of nitrogens with one attached hydrogen (secondary N) is 3. The minimum Gasteiger partial charge on any atom is -0.332 e. The Bertz CT molecular complexity index is 490. The fourth-order valence-electron chi connectivity index (χ4n) is 3.48. The van der Waals surface area contributed by atoms with Crippen LogP contribution < -0.4 is 27.6 Å². The smallest absolute Gasteiger partial charge is 0.315 e. The maximum absolute atomic E-state index is 12.3. The van der Waals surface area contributed by atoms with E-state index in [-0.39, 0.29) is 35.7 Å². The van der Waals surface area contributed by atoms with E-state index in [9.17, 15) is 14.4 Å². The van der Waals surface area contributed by atoms with Gasteiger partial charge in [0.25, 0.3) is 0 Å². The number of fused-ring (bicyclic) bond motifs is 1. The third-order valence-corrected chi connectivity index (χ3v) is 6.47. The monoisotopic (exact) mass is 371 g/mol. The molecule has 7 N–H and O–H groups in total. The number of ketones is 1. The summed E-state index contributed by atoms with van der Waals surface area (Å²) in [7, 11) is 0. The summed E-state index contributed by atoms with van der Waals surface area (Å²) in [5, 5.41) is 6.35. The van der Waals surface area contributed by atoms with Gasteiger partial charge in [-0.1, -0.05) is 6.42 Å². The highest BCUT2D eigenvalue weighted by molar-refractivity contribution is 8.00. The normalized spacial score (nSPS) is 25.8. The number of urea groups is 1. The molecule has 142 valence electrons. The van der Waals surface area contributed by atoms with Crippen LogP contribution >= 0.6 is 11.8 Å². The van der Waals surface area contributed by atoms with Crippen molar-refractivity contribution in [2.24, 2.45) is 17.5 Å². The summed E-state index contributed by atoms with van der Waals surface area (Å²) >= 11 is 1.89. The average Bonchev–Trinajstić information content (AvgIpc) is 3.14. The van der Waals surface area contributed by atoms with Crippen LogP contribution in [0.2, 0.25) is 0 Å². The van der Waals surface area contributed by atoms with Crippen LogP contribution in [0.4, 0.5) is 4.79 Å². The van der Waals surface area contributed by atoms with E-state index in [1.54, 1.807) is 0 Å². The van der Waals surface area contributed by atoms with E-state index in [2.05, 4.69) is 16.1 Å². The summed E-state index contributed by atoms with van der Waals surface area (Å²) in [6.45, 7) is 0.322. The van der Waals surface area contributed by atoms with Crippen molar-refractivity contribution in [1.29, 1.82) is 0 Å². The molecule has 25 heavy (non-hydrogen) atoms. The van der Waals surface area contributed by atoms with Crippen LogP contribution in [0.1, 0.15) is 44.9 Å². The zero-order valence-corrected chi connectivity index (χ0v) is 15.3. The Morgan fingerprint density at radius 3 is 2.76 bits per heavy atom. The van der Waals surface area contributed by atoms with Crippen LogP contribution in [0.25, 0.3) is 0 Å². The Hall–Kier alpha value is -1.32. The summed E-state index contributed by atoms with van der Waals surface area (Å²) in [6.07, 6.45) is 4.91. The SMILES string of the molecule is NCC(CCCC(=O)NN)C(=O)CCCC[C@@H]1SC[C@@H]2NC(=O)N[C@@H]21. The lowest BCUT2D eigenvalue weighted by atomic mass is 9.93. The predicted molar refractivity (Wildman–Crippen MR) is 97.7 cm³/mol. The van der Waals surface area contributed by atoms with Crippen LogP contribution in [0.5, 0.6) is 0 Å². The Balaban J connectivity index is 1.60. The van der Waals surface area contributed by atoms with Crippen molar-refractivity contribution < 1.29 is 14.4 Å². The lowest BCUT2D eigenvalue weighted by Crippen LogP contribution is -2.36. The molecule has 2 heterocycles. The van der Waals surface area contributed by atoms with Gasteiger partial charge in [-0.05, 0) is 25.7 Å². The van der Waals surface area contributed by atoms with Gasteiger partial charge in [-0.3, -0.25) is 15.0 Å². The van der Waals surface area contributed by atoms with Crippen molar-refractivity contribution in [3.8, 4) is 0 Å². The summed E-state index contributed by atoms with van der Waals surface area (Å²) in [4.78, 5) is 34.7. The lowest BCUT2D eigenvalue weighted by molar-refractivity contribution is -0.124. The highest BCUT2D eigenvalue weighted by Gasteiger charge is 2.42. The average molecular weight is 372 g/mol. The van der Waals surface area contributed by atoms with E-state index in [0.717, 1.165) is 25.0 Å². The number of carbonyl (C=O) groups excluding carboxylic acids is 3. The Kier molecular flexibility index (Phi) is 7.98. The van der Waals surface area contributed by atoms with Crippen molar-refractivity contribution in [1.82, 2.24) is 16.1 Å². The molecule has 0 aromatic carbocycles. The quantitative estimate of drug-likeness (QED) is 0.114. The molecule has 4 atom stereocenters. The molecule has 0 aromatic heterocycles. The lowest BCUT2D eigenvalue weighted by Gasteiger charge is -2.17. The first kappa shape index (κ1) is 20.0. The number of rotatable bonds is 11. The number of Topliss-reactive ketones (excluding diaryl/α,β-unsaturated/α-hetero) is 1. The first-order chi connectivity index (χ1) is 12.0. The van der Waals surface area contributed by atoms with E-state index < -0.39 is 0 Å². The van der Waals surface area contributed by atoms with E-state index in [0.29, 0.717) is 37.5 Å². The zero-order valence-electron chi connectivity index (χ0n) is 14.5. The minimum absolute atomic E-state index is 0.0652. The molecular weight excluding hydrogens is 342 g/mol. The number of nitrogens with two attached hydrogens (primary N) is 2. The molecule has 0 spiro atoms. The van der Waals surface area contributed by atoms with E-state index in [1.165, 1.54) is 0 Å². The molecule has 2 saturated heterocycles. The zero-order chi connectivity index (χ0) is 18.2. The molecule has 0 bridgehead atoms. The van der Waals surface area contributed by atoms with Gasteiger partial charge in [0.15, 0.2) is 0 Å². The van der Waals surface area contributed by atoms with E-state index in [1.807, 2.05) is 11.8 Å². The van der Waals surface area contributed by atoms with Gasteiger partial charge in [-0.15, -0.1) is 0 Å². The summed E-state index contributed by atoms with van der Waals surface area (Å²) in [5.74, 6) is 5.78. The molecule has 2 aliphatic heterocycles. The van der Waals surface area contributed by atoms with Gasteiger partial charge < -0.3 is 16.4 Å². The first-order valence-electron chi connectivity index (χ1n) is 8.96. The first-order valence-corrected chi connectivity index (χ1v) is 10.0. The molecular formula is C16H29N5O3S. The molecule has 0 aromatic rings. The highest BCUT2D eigenvalue weighted by Crippen LogP contribution is 2.33. The van der Waals surface area contributed by atoms with Gasteiger partial charge in [0.2, 0.25) is 5.91 Å². The predicted octanol–water partition coefficient (Wildman–Crippen LogP) is 0.0164. The number of hydrogen-bond acceptors (Lipinski definition) is 6. The second-order valence-corrected chi connectivity index (χ2v) is 8.00. The van der Waals surface area contributed by atoms with Crippen molar-refractivity contribution in [2.45, 2.75) is 62.3 Å². The van der Waals surface area contributed by atoms with Crippen molar-refractivity contribution in [2.75, 3.05) is 12.3 Å². The number of unbranched alkanes of at least 4 members (excludes halogenated alkanes) is 1. The fourth-order valence-corrected chi connectivity index (χ4v) is 5.03. The maximum atomic E-state index is 12.3. The molecule has 3 amide bonds. The van der Waals surface area contributed by atoms with Crippen LogP contribution in [-0.2, 0) is 9.59 Å². The van der Waals surface area contributed by atoms with Gasteiger partial charge in [-0.2, -0.15) is 11.8 Å². The minimum atomic E-state index is -0.218. The molecule has 0 radical (unpaired) electrons. The summed E-state index contributed by atoms with van der Waals surface area (Å²) < 4.78 is 0. The largest absolute Gasteiger partial charge is 0.332 e. The Morgan fingerprint density at radius 2 is 2.04 bits per heavy atom. The van der Waals surface area contributed by atoms with Crippen LogP contribution in [0.3, 0.4) is 0 Å². The molecule has 2 rings (SSSR count). The standard InChI is InChI=1S/C16H29N5O3S/c17-8-10(4-3-7-14(23)21-18)12(22)5-1-2-6-13-15-11(9-25-13)19-16(24)20-15/h10-11,13,15H,1-9,17-18H2,(H,21,23)(H2,19,20,24)/t10?,11-,13-,15-/m0/s1. The van der Waals surface area contributed by atoms with Gasteiger partial charge in [0, 0.05) is 36.3 Å². The molecule has 2 aliphatic rings. The molecule has 9 heteroatoms. The number of amides is 3. The third-order valence-electron chi connectivity index (χ3n) is 4.96. The van der Waals surface area contributed by atoms with E-state index in [4.69, 9.17) is 11.6 Å². The fraction of sp³-hybridized carbons (Fsp3) is 0.812. The molecule has 0 aliphatic carbocycles. The second-order valence-electron chi connectivity index (χ2n) is 6.73. The molecule has 8 nitrogen and oxygen atoms in total. The van der Waals surface area contributed by atoms with Crippen molar-refractivity contribution >= 4 is 29.5 Å². The third kappa shape index (κ3) is 5.86. The molecule has 1 unspecified atom stereocenters. The van der Waals surface area contributed by atoms with Crippen LogP contribution in [0.15, 0.2) is 0 Å². The van der Waals surface area contributed by atoms with Gasteiger partial charge in [0.1, 0.15) is 5.78 Å². The number of hydrogen-bond donors (Lipinski definition) is 5. The molecule has 0 saturated carbocycles. The molecule has 2 fully saturated rings. The second kappa shape index (κ2) is 9.98. The van der Waals surface area contributed by atoms with Gasteiger partial charge in [-0.25, -0.2) is 10.6 Å². The highest BCUT2D eigenvalue weighted by atomic mass is 32.2. The number of carbonyl (C=O) groups is 3. The topological polar surface area (TPSA) is 139 Å².